The van der Waals surface area contributed by atoms with Crippen molar-refractivity contribution >= 4 is 5.78 Å². The van der Waals surface area contributed by atoms with Gasteiger partial charge in [-0.2, -0.15) is 5.10 Å². The highest BCUT2D eigenvalue weighted by Crippen LogP contribution is 2.32. The Labute approximate surface area is 116 Å². The summed E-state index contributed by atoms with van der Waals surface area (Å²) in [6, 6.07) is 0. The third-order valence-electron chi connectivity index (χ3n) is 4.39. The van der Waals surface area contributed by atoms with Gasteiger partial charge >= 0.3 is 0 Å². The summed E-state index contributed by atoms with van der Waals surface area (Å²) < 4.78 is 1.89. The van der Waals surface area contributed by atoms with Gasteiger partial charge in [0, 0.05) is 25.1 Å². The zero-order valence-corrected chi connectivity index (χ0v) is 12.3. The van der Waals surface area contributed by atoms with E-state index in [-0.39, 0.29) is 0 Å². The van der Waals surface area contributed by atoms with Gasteiger partial charge in [0.05, 0.1) is 6.20 Å². The molecule has 106 valence electrons. The van der Waals surface area contributed by atoms with E-state index in [1.165, 1.54) is 25.7 Å². The fourth-order valence-electron chi connectivity index (χ4n) is 3.20. The molecule has 2 rings (SSSR count). The molecule has 19 heavy (non-hydrogen) atoms. The molecule has 3 heteroatoms. The van der Waals surface area contributed by atoms with Crippen molar-refractivity contribution in [1.29, 1.82) is 0 Å². The first-order chi connectivity index (χ1) is 9.22. The first kappa shape index (κ1) is 14.3. The summed E-state index contributed by atoms with van der Waals surface area (Å²) in [7, 11) is 0. The Morgan fingerprint density at radius 2 is 2.05 bits per heavy atom. The Morgan fingerprint density at radius 1 is 1.32 bits per heavy atom. The van der Waals surface area contributed by atoms with Gasteiger partial charge in [0.25, 0.3) is 0 Å². The van der Waals surface area contributed by atoms with Crippen LogP contribution in [0.3, 0.4) is 0 Å². The number of carbonyl (C=O) groups excluding carboxylic acids is 1. The molecule has 1 fully saturated rings. The summed E-state index contributed by atoms with van der Waals surface area (Å²) in [5.74, 6) is 1.60. The van der Waals surface area contributed by atoms with Crippen LogP contribution in [0.5, 0.6) is 0 Å². The first-order valence-electron chi connectivity index (χ1n) is 7.77. The average Bonchev–Trinajstić information content (AvgIpc) is 2.87. The highest BCUT2D eigenvalue weighted by molar-refractivity contribution is 5.83. The fourth-order valence-corrected chi connectivity index (χ4v) is 3.20. The van der Waals surface area contributed by atoms with Crippen molar-refractivity contribution in [3.05, 3.63) is 18.0 Å². The van der Waals surface area contributed by atoms with Crippen molar-refractivity contribution < 1.29 is 4.79 Å². The Kier molecular flexibility index (Phi) is 5.17. The third kappa shape index (κ3) is 3.92. The predicted molar refractivity (Wildman–Crippen MR) is 77.0 cm³/mol. The molecule has 0 aromatic carbocycles. The van der Waals surface area contributed by atoms with Crippen LogP contribution in [-0.4, -0.2) is 15.6 Å². The topological polar surface area (TPSA) is 34.9 Å². The van der Waals surface area contributed by atoms with Gasteiger partial charge < -0.3 is 0 Å². The number of carbonyl (C=O) groups is 1. The molecular formula is C16H26N2O. The maximum atomic E-state index is 12.3. The maximum absolute atomic E-state index is 12.3. The predicted octanol–water partition coefficient (Wildman–Crippen LogP) is 3.62. The van der Waals surface area contributed by atoms with E-state index in [1.807, 2.05) is 17.1 Å². The summed E-state index contributed by atoms with van der Waals surface area (Å²) in [5.41, 5.74) is 1.07. The second-order valence-corrected chi connectivity index (χ2v) is 5.85. The molecule has 1 aliphatic rings. The molecule has 0 bridgehead atoms. The lowest BCUT2D eigenvalue weighted by atomic mass is 9.77. The zero-order chi connectivity index (χ0) is 13.7. The van der Waals surface area contributed by atoms with Crippen LogP contribution in [0.15, 0.2) is 12.4 Å². The molecule has 0 amide bonds. The van der Waals surface area contributed by atoms with Gasteiger partial charge in [-0.3, -0.25) is 9.48 Å². The van der Waals surface area contributed by atoms with E-state index >= 15 is 0 Å². The molecule has 0 saturated heterocycles. The van der Waals surface area contributed by atoms with Crippen LogP contribution in [0.2, 0.25) is 0 Å². The number of hydrogen-bond acceptors (Lipinski definition) is 2. The molecule has 0 spiro atoms. The van der Waals surface area contributed by atoms with Crippen molar-refractivity contribution in [1.82, 2.24) is 9.78 Å². The third-order valence-corrected chi connectivity index (χ3v) is 4.39. The molecule has 1 aromatic heterocycles. The molecule has 0 aliphatic heterocycles. The summed E-state index contributed by atoms with van der Waals surface area (Å²) in [4.78, 5) is 12.3. The second kappa shape index (κ2) is 6.88. The van der Waals surface area contributed by atoms with Crippen LogP contribution in [0.4, 0.5) is 0 Å². The minimum absolute atomic E-state index is 0.304. The van der Waals surface area contributed by atoms with Gasteiger partial charge in [-0.05, 0) is 44.1 Å². The highest BCUT2D eigenvalue weighted by Gasteiger charge is 2.25. The zero-order valence-electron chi connectivity index (χ0n) is 12.3. The molecule has 0 atom stereocenters. The number of aryl methyl sites for hydroxylation is 1. The number of nitrogens with zero attached hydrogens (tertiary/aromatic N) is 2. The normalized spacial score (nSPS) is 23.5. The molecule has 3 nitrogen and oxygen atoms in total. The number of ketones is 1. The summed E-state index contributed by atoms with van der Waals surface area (Å²) in [6.45, 7) is 5.19. The molecule has 0 radical (unpaired) electrons. The van der Waals surface area contributed by atoms with Crippen molar-refractivity contribution in [2.24, 2.45) is 11.8 Å². The largest absolute Gasteiger partial charge is 0.299 e. The fraction of sp³-hybridized carbons (Fsp3) is 0.750. The van der Waals surface area contributed by atoms with Gasteiger partial charge in [-0.1, -0.05) is 19.8 Å². The Hall–Kier alpha value is -1.12. The minimum Gasteiger partial charge on any atom is -0.299 e. The SMILES string of the molecule is CCCC1CCC(C(=O)Cc2cnn(CC)c2)CC1. The quantitative estimate of drug-likeness (QED) is 0.784. The van der Waals surface area contributed by atoms with Crippen LogP contribution >= 0.6 is 0 Å². The lowest BCUT2D eigenvalue weighted by Gasteiger charge is -2.27. The van der Waals surface area contributed by atoms with E-state index in [9.17, 15) is 4.79 Å². The van der Waals surface area contributed by atoms with Crippen molar-refractivity contribution in [3.8, 4) is 0 Å². The molecule has 1 aliphatic carbocycles. The van der Waals surface area contributed by atoms with Gasteiger partial charge in [0.15, 0.2) is 0 Å². The molecule has 1 saturated carbocycles. The first-order valence-corrected chi connectivity index (χ1v) is 7.77. The molecule has 1 aromatic rings. The van der Waals surface area contributed by atoms with E-state index < -0.39 is 0 Å². The van der Waals surface area contributed by atoms with Gasteiger partial charge in [-0.15, -0.1) is 0 Å². The van der Waals surface area contributed by atoms with E-state index in [1.54, 1.807) is 0 Å². The van der Waals surface area contributed by atoms with Gasteiger partial charge in [0.1, 0.15) is 5.78 Å². The smallest absolute Gasteiger partial charge is 0.140 e. The van der Waals surface area contributed by atoms with Crippen LogP contribution in [0, 0.1) is 11.8 Å². The lowest BCUT2D eigenvalue weighted by Crippen LogP contribution is -2.23. The molecule has 0 N–H and O–H groups in total. The summed E-state index contributed by atoms with van der Waals surface area (Å²) in [6.07, 6.45) is 11.7. The highest BCUT2D eigenvalue weighted by atomic mass is 16.1. The Bertz CT molecular complexity index is 403. The average molecular weight is 262 g/mol. The molecule has 1 heterocycles. The van der Waals surface area contributed by atoms with E-state index in [4.69, 9.17) is 0 Å². The second-order valence-electron chi connectivity index (χ2n) is 5.85. The monoisotopic (exact) mass is 262 g/mol. The molecular weight excluding hydrogens is 236 g/mol. The van der Waals surface area contributed by atoms with E-state index in [2.05, 4.69) is 18.9 Å². The van der Waals surface area contributed by atoms with Crippen molar-refractivity contribution in [2.45, 2.75) is 65.3 Å². The van der Waals surface area contributed by atoms with Crippen LogP contribution in [0.1, 0.15) is 57.9 Å². The molecule has 0 unspecified atom stereocenters. The van der Waals surface area contributed by atoms with Gasteiger partial charge in [-0.25, -0.2) is 0 Å². The van der Waals surface area contributed by atoms with Crippen molar-refractivity contribution in [2.75, 3.05) is 0 Å². The van der Waals surface area contributed by atoms with E-state index in [0.29, 0.717) is 18.1 Å². The van der Waals surface area contributed by atoms with Crippen molar-refractivity contribution in [3.63, 3.8) is 0 Å². The van der Waals surface area contributed by atoms with E-state index in [0.717, 1.165) is 30.9 Å². The van der Waals surface area contributed by atoms with Gasteiger partial charge in [0.2, 0.25) is 0 Å². The standard InChI is InChI=1S/C16H26N2O/c1-3-5-13-6-8-15(9-7-13)16(19)10-14-11-17-18(4-2)12-14/h11-13,15H,3-10H2,1-2H3. The van der Waals surface area contributed by atoms with Crippen LogP contribution in [-0.2, 0) is 17.8 Å². The number of rotatable bonds is 6. The number of aromatic nitrogens is 2. The van der Waals surface area contributed by atoms with Crippen LogP contribution in [0.25, 0.3) is 0 Å². The maximum Gasteiger partial charge on any atom is 0.140 e. The van der Waals surface area contributed by atoms with Crippen LogP contribution < -0.4 is 0 Å². The summed E-state index contributed by atoms with van der Waals surface area (Å²) in [5, 5.41) is 4.23. The lowest BCUT2D eigenvalue weighted by molar-refractivity contribution is -0.123. The minimum atomic E-state index is 0.304. The number of hydrogen-bond donors (Lipinski definition) is 0. The Balaban J connectivity index is 1.81. The summed E-state index contributed by atoms with van der Waals surface area (Å²) >= 11 is 0. The number of Topliss-reactive ketones (excluding diaryl/α,β-unsaturated/α-hetero) is 1. The Morgan fingerprint density at radius 3 is 2.63 bits per heavy atom.